The van der Waals surface area contributed by atoms with Crippen LogP contribution in [0, 0.1) is 0 Å². The standard InChI is InChI=1S/C30H33NO6S/c1-4-7-21-20-26(37-25-14-12-23(34-3)13-15-25)16-17-27(21)36-19-6-5-18-35-24-10-8-22(9-11-24)30(2)28(32)31-29(33)38-30/h8-17,20H,4-7,18-19H2,1-3H3,(H,31,32,33). The number of ether oxygens (including phenoxy) is 4. The van der Waals surface area contributed by atoms with E-state index in [2.05, 4.69) is 12.2 Å². The normalized spacial score (nSPS) is 16.7. The number of rotatable bonds is 13. The van der Waals surface area contributed by atoms with E-state index in [0.717, 1.165) is 77.3 Å². The Labute approximate surface area is 227 Å². The zero-order valence-corrected chi connectivity index (χ0v) is 22.8. The highest BCUT2D eigenvalue weighted by Crippen LogP contribution is 2.41. The van der Waals surface area contributed by atoms with Crippen LogP contribution in [0.4, 0.5) is 4.79 Å². The molecule has 3 aromatic carbocycles. The minimum Gasteiger partial charge on any atom is -0.497 e. The van der Waals surface area contributed by atoms with Gasteiger partial charge in [0.2, 0.25) is 5.91 Å². The number of carbonyl (C=O) groups excluding carboxylic acids is 2. The van der Waals surface area contributed by atoms with Crippen molar-refractivity contribution in [2.45, 2.75) is 44.3 Å². The average Bonchev–Trinajstić information content (AvgIpc) is 3.19. The van der Waals surface area contributed by atoms with Gasteiger partial charge in [0.05, 0.1) is 20.3 Å². The van der Waals surface area contributed by atoms with Crippen LogP contribution >= 0.6 is 11.8 Å². The molecule has 38 heavy (non-hydrogen) atoms. The van der Waals surface area contributed by atoms with Gasteiger partial charge in [-0.1, -0.05) is 25.5 Å². The molecule has 0 aromatic heterocycles. The molecule has 0 spiro atoms. The Morgan fingerprint density at radius 1 is 0.816 bits per heavy atom. The number of methoxy groups -OCH3 is 1. The number of nitrogens with one attached hydrogen (secondary N) is 1. The summed E-state index contributed by atoms with van der Waals surface area (Å²) in [5.74, 6) is 3.64. The monoisotopic (exact) mass is 535 g/mol. The van der Waals surface area contributed by atoms with Crippen LogP contribution in [0.1, 0.15) is 44.2 Å². The van der Waals surface area contributed by atoms with Crippen LogP contribution in [0.5, 0.6) is 28.7 Å². The van der Waals surface area contributed by atoms with Crippen molar-refractivity contribution in [1.29, 1.82) is 0 Å². The van der Waals surface area contributed by atoms with Crippen LogP contribution in [0.15, 0.2) is 66.7 Å². The Bertz CT molecular complexity index is 1240. The minimum absolute atomic E-state index is 0.289. The van der Waals surface area contributed by atoms with E-state index in [4.69, 9.17) is 18.9 Å². The summed E-state index contributed by atoms with van der Waals surface area (Å²) in [5.41, 5.74) is 1.90. The van der Waals surface area contributed by atoms with E-state index in [1.54, 1.807) is 14.0 Å². The molecule has 200 valence electrons. The van der Waals surface area contributed by atoms with E-state index < -0.39 is 4.75 Å². The number of benzene rings is 3. The molecule has 1 atom stereocenters. The van der Waals surface area contributed by atoms with Gasteiger partial charge in [-0.15, -0.1) is 0 Å². The number of amides is 2. The molecule has 1 heterocycles. The predicted molar refractivity (Wildman–Crippen MR) is 149 cm³/mol. The smallest absolute Gasteiger partial charge is 0.287 e. The van der Waals surface area contributed by atoms with Crippen molar-refractivity contribution in [3.63, 3.8) is 0 Å². The van der Waals surface area contributed by atoms with Gasteiger partial charge < -0.3 is 18.9 Å². The molecule has 1 saturated heterocycles. The van der Waals surface area contributed by atoms with E-state index in [0.29, 0.717) is 13.2 Å². The number of carbonyl (C=O) groups is 2. The van der Waals surface area contributed by atoms with Crippen molar-refractivity contribution < 1.29 is 28.5 Å². The van der Waals surface area contributed by atoms with Gasteiger partial charge in [-0.25, -0.2) is 0 Å². The van der Waals surface area contributed by atoms with Gasteiger partial charge in [0.15, 0.2) is 0 Å². The molecular weight excluding hydrogens is 502 g/mol. The Kier molecular flexibility index (Phi) is 9.18. The maximum absolute atomic E-state index is 12.1. The van der Waals surface area contributed by atoms with Gasteiger partial charge in [-0.05, 0) is 104 Å². The van der Waals surface area contributed by atoms with Crippen LogP contribution in [-0.2, 0) is 16.0 Å². The molecule has 1 aliphatic heterocycles. The maximum atomic E-state index is 12.1. The number of imide groups is 1. The van der Waals surface area contributed by atoms with Gasteiger partial charge in [-0.3, -0.25) is 14.9 Å². The van der Waals surface area contributed by atoms with Crippen LogP contribution in [0.3, 0.4) is 0 Å². The fraction of sp³-hybridized carbons (Fsp3) is 0.333. The number of thioether (sulfide) groups is 1. The molecule has 1 aliphatic rings. The molecule has 1 unspecified atom stereocenters. The minimum atomic E-state index is -0.899. The highest BCUT2D eigenvalue weighted by Gasteiger charge is 2.45. The van der Waals surface area contributed by atoms with Crippen molar-refractivity contribution in [2.24, 2.45) is 0 Å². The second-order valence-corrected chi connectivity index (χ2v) is 10.5. The topological polar surface area (TPSA) is 83.1 Å². The molecule has 2 amide bonds. The van der Waals surface area contributed by atoms with Crippen molar-refractivity contribution in [2.75, 3.05) is 20.3 Å². The summed E-state index contributed by atoms with van der Waals surface area (Å²) in [5, 5.41) is 2.02. The van der Waals surface area contributed by atoms with Crippen LogP contribution in [0.25, 0.3) is 0 Å². The molecule has 1 fully saturated rings. The molecule has 1 N–H and O–H groups in total. The number of hydrogen-bond donors (Lipinski definition) is 1. The first kappa shape index (κ1) is 27.4. The van der Waals surface area contributed by atoms with Crippen molar-refractivity contribution in [3.05, 3.63) is 77.9 Å². The molecule has 7 nitrogen and oxygen atoms in total. The number of aryl methyl sites for hydroxylation is 1. The Balaban J connectivity index is 1.22. The summed E-state index contributed by atoms with van der Waals surface area (Å²) in [6.45, 7) is 5.05. The molecule has 8 heteroatoms. The number of hydrogen-bond acceptors (Lipinski definition) is 7. The summed E-state index contributed by atoms with van der Waals surface area (Å²) >= 11 is 1.00. The predicted octanol–water partition coefficient (Wildman–Crippen LogP) is 6.88. The fourth-order valence-corrected chi connectivity index (χ4v) is 5.02. The summed E-state index contributed by atoms with van der Waals surface area (Å²) in [7, 11) is 1.64. The van der Waals surface area contributed by atoms with E-state index in [1.165, 1.54) is 0 Å². The third-order valence-corrected chi connectivity index (χ3v) is 7.38. The lowest BCUT2D eigenvalue weighted by Crippen LogP contribution is -2.31. The second kappa shape index (κ2) is 12.7. The Morgan fingerprint density at radius 3 is 2.08 bits per heavy atom. The van der Waals surface area contributed by atoms with Gasteiger partial charge >= 0.3 is 0 Å². The van der Waals surface area contributed by atoms with Crippen LogP contribution < -0.4 is 24.3 Å². The summed E-state index contributed by atoms with van der Waals surface area (Å²) in [6, 6.07) is 20.8. The van der Waals surface area contributed by atoms with Gasteiger partial charge in [0, 0.05) is 0 Å². The first-order valence-corrected chi connectivity index (χ1v) is 13.6. The first-order valence-electron chi connectivity index (χ1n) is 12.8. The van der Waals surface area contributed by atoms with Gasteiger partial charge in [0.25, 0.3) is 5.24 Å². The SMILES string of the molecule is CCCc1cc(Oc2ccc(OC)cc2)ccc1OCCCCOc1ccc(C2(C)SC(=O)NC2=O)cc1. The van der Waals surface area contributed by atoms with Crippen molar-refractivity contribution in [1.82, 2.24) is 5.32 Å². The van der Waals surface area contributed by atoms with Crippen molar-refractivity contribution >= 4 is 22.9 Å². The third-order valence-electron chi connectivity index (χ3n) is 6.26. The largest absolute Gasteiger partial charge is 0.497 e. The lowest BCUT2D eigenvalue weighted by atomic mass is 9.99. The summed E-state index contributed by atoms with van der Waals surface area (Å²) < 4.78 is 22.2. The van der Waals surface area contributed by atoms with Crippen molar-refractivity contribution in [3.8, 4) is 28.7 Å². The molecule has 3 aromatic rings. The van der Waals surface area contributed by atoms with Crippen LogP contribution in [0.2, 0.25) is 0 Å². The van der Waals surface area contributed by atoms with Gasteiger partial charge in [0.1, 0.15) is 33.5 Å². The lowest BCUT2D eigenvalue weighted by molar-refractivity contribution is -0.121. The molecule has 0 saturated carbocycles. The Morgan fingerprint density at radius 2 is 1.45 bits per heavy atom. The molecule has 0 radical (unpaired) electrons. The second-order valence-electron chi connectivity index (χ2n) is 9.10. The molecular formula is C30H33NO6S. The highest BCUT2D eigenvalue weighted by atomic mass is 32.2. The van der Waals surface area contributed by atoms with E-state index in [-0.39, 0.29) is 11.1 Å². The van der Waals surface area contributed by atoms with Gasteiger partial charge in [-0.2, -0.15) is 0 Å². The van der Waals surface area contributed by atoms with Crippen LogP contribution in [-0.4, -0.2) is 31.5 Å². The van der Waals surface area contributed by atoms with E-state index in [9.17, 15) is 9.59 Å². The Hall–Kier alpha value is -3.65. The van der Waals surface area contributed by atoms with E-state index in [1.807, 2.05) is 66.7 Å². The number of unbranched alkanes of at least 4 members (excludes halogenated alkanes) is 1. The average molecular weight is 536 g/mol. The maximum Gasteiger partial charge on any atom is 0.287 e. The summed E-state index contributed by atoms with van der Waals surface area (Å²) in [4.78, 5) is 23.7. The lowest BCUT2D eigenvalue weighted by Gasteiger charge is -2.19. The molecule has 0 bridgehead atoms. The molecule has 0 aliphatic carbocycles. The first-order chi connectivity index (χ1) is 18.4. The third kappa shape index (κ3) is 6.81. The molecule has 4 rings (SSSR count). The van der Waals surface area contributed by atoms with E-state index >= 15 is 0 Å². The zero-order valence-electron chi connectivity index (χ0n) is 22.0. The fourth-order valence-electron chi connectivity index (χ4n) is 4.11. The zero-order chi connectivity index (χ0) is 27.0. The quantitative estimate of drug-likeness (QED) is 0.239. The highest BCUT2D eigenvalue weighted by molar-refractivity contribution is 8.15. The summed E-state index contributed by atoms with van der Waals surface area (Å²) in [6.07, 6.45) is 3.61.